The van der Waals surface area contributed by atoms with Crippen LogP contribution in [0.1, 0.15) is 11.8 Å². The Labute approximate surface area is 117 Å². The van der Waals surface area contributed by atoms with E-state index in [4.69, 9.17) is 4.74 Å². The second-order valence-corrected chi connectivity index (χ2v) is 5.95. The molecule has 0 unspecified atom stereocenters. The molecule has 0 spiro atoms. The molecule has 0 aromatic carbocycles. The van der Waals surface area contributed by atoms with Gasteiger partial charge in [0.25, 0.3) is 0 Å². The van der Waals surface area contributed by atoms with Crippen LogP contribution >= 0.6 is 23.1 Å². The van der Waals surface area contributed by atoms with Gasteiger partial charge in [-0.15, -0.1) is 23.1 Å². The van der Waals surface area contributed by atoms with E-state index >= 15 is 0 Å². The number of thioether (sulfide) groups is 1. The van der Waals surface area contributed by atoms with Gasteiger partial charge in [-0.25, -0.2) is 0 Å². The standard InChI is InChI=1S/C13H19NO2S2/c1-11(2)8-16-6-5-14-13(15)10-17-9-12-4-3-7-18-12/h3-4,7H,1,5-6,8-10H2,2H3,(H,14,15). The maximum atomic E-state index is 11.5. The first-order chi connectivity index (χ1) is 8.68. The highest BCUT2D eigenvalue weighted by molar-refractivity contribution is 7.99. The van der Waals surface area contributed by atoms with Gasteiger partial charge in [0, 0.05) is 17.2 Å². The predicted molar refractivity (Wildman–Crippen MR) is 79.1 cm³/mol. The molecule has 5 heteroatoms. The summed E-state index contributed by atoms with van der Waals surface area (Å²) >= 11 is 3.35. The predicted octanol–water partition coefficient (Wildman–Crippen LogP) is 2.69. The lowest BCUT2D eigenvalue weighted by atomic mass is 10.4. The molecule has 100 valence electrons. The molecular formula is C13H19NO2S2. The number of hydrogen-bond acceptors (Lipinski definition) is 4. The molecule has 1 amide bonds. The molecule has 1 aromatic rings. The third-order valence-electron chi connectivity index (χ3n) is 1.97. The first-order valence-electron chi connectivity index (χ1n) is 5.77. The summed E-state index contributed by atoms with van der Waals surface area (Å²) in [5.74, 6) is 1.46. The van der Waals surface area contributed by atoms with Gasteiger partial charge in [0.05, 0.1) is 19.0 Å². The fourth-order valence-corrected chi connectivity index (χ4v) is 2.90. The summed E-state index contributed by atoms with van der Waals surface area (Å²) in [6.07, 6.45) is 0. The van der Waals surface area contributed by atoms with Crippen molar-refractivity contribution in [1.29, 1.82) is 0 Å². The van der Waals surface area contributed by atoms with Gasteiger partial charge in [0.2, 0.25) is 5.91 Å². The Morgan fingerprint density at radius 1 is 1.61 bits per heavy atom. The minimum Gasteiger partial charge on any atom is -0.375 e. The Hall–Kier alpha value is -0.780. The van der Waals surface area contributed by atoms with Gasteiger partial charge in [-0.05, 0) is 18.4 Å². The second kappa shape index (κ2) is 9.19. The third kappa shape index (κ3) is 7.53. The summed E-state index contributed by atoms with van der Waals surface area (Å²) in [4.78, 5) is 12.8. The molecule has 0 radical (unpaired) electrons. The van der Waals surface area contributed by atoms with E-state index in [1.807, 2.05) is 13.0 Å². The molecule has 0 saturated heterocycles. The van der Waals surface area contributed by atoms with E-state index in [1.165, 1.54) is 4.88 Å². The molecule has 1 N–H and O–H groups in total. The summed E-state index contributed by atoms with van der Waals surface area (Å²) in [6.45, 7) is 7.31. The molecule has 0 atom stereocenters. The molecule has 0 fully saturated rings. The van der Waals surface area contributed by atoms with Crippen molar-refractivity contribution in [1.82, 2.24) is 5.32 Å². The van der Waals surface area contributed by atoms with Crippen molar-refractivity contribution in [2.45, 2.75) is 12.7 Å². The van der Waals surface area contributed by atoms with Crippen LogP contribution in [0.5, 0.6) is 0 Å². The van der Waals surface area contributed by atoms with Gasteiger partial charge in [-0.3, -0.25) is 4.79 Å². The summed E-state index contributed by atoms with van der Waals surface area (Å²) in [5.41, 5.74) is 0.993. The van der Waals surface area contributed by atoms with Crippen molar-refractivity contribution in [3.8, 4) is 0 Å². The van der Waals surface area contributed by atoms with E-state index in [1.54, 1.807) is 23.1 Å². The minimum atomic E-state index is 0.0653. The Bertz CT molecular complexity index is 363. The number of rotatable bonds is 9. The molecule has 3 nitrogen and oxygen atoms in total. The van der Waals surface area contributed by atoms with Crippen LogP contribution in [-0.2, 0) is 15.3 Å². The number of carbonyl (C=O) groups excluding carboxylic acids is 1. The highest BCUT2D eigenvalue weighted by Crippen LogP contribution is 2.16. The Morgan fingerprint density at radius 3 is 3.11 bits per heavy atom. The molecule has 0 saturated carbocycles. The van der Waals surface area contributed by atoms with Crippen molar-refractivity contribution >= 4 is 29.0 Å². The van der Waals surface area contributed by atoms with Crippen molar-refractivity contribution < 1.29 is 9.53 Å². The largest absolute Gasteiger partial charge is 0.375 e. The lowest BCUT2D eigenvalue weighted by molar-refractivity contribution is -0.118. The van der Waals surface area contributed by atoms with E-state index in [0.717, 1.165) is 11.3 Å². The molecule has 18 heavy (non-hydrogen) atoms. The molecule has 0 aliphatic heterocycles. The molecule has 1 aromatic heterocycles. The highest BCUT2D eigenvalue weighted by atomic mass is 32.2. The van der Waals surface area contributed by atoms with Crippen LogP contribution in [0, 0.1) is 0 Å². The van der Waals surface area contributed by atoms with Gasteiger partial charge < -0.3 is 10.1 Å². The van der Waals surface area contributed by atoms with E-state index in [-0.39, 0.29) is 5.91 Å². The maximum Gasteiger partial charge on any atom is 0.230 e. The lowest BCUT2D eigenvalue weighted by Crippen LogP contribution is -2.28. The van der Waals surface area contributed by atoms with Gasteiger partial charge >= 0.3 is 0 Å². The maximum absolute atomic E-state index is 11.5. The normalized spacial score (nSPS) is 10.3. The van der Waals surface area contributed by atoms with Gasteiger partial charge in [-0.1, -0.05) is 18.2 Å². The number of amides is 1. The smallest absolute Gasteiger partial charge is 0.230 e. The quantitative estimate of drug-likeness (QED) is 0.560. The Morgan fingerprint density at radius 2 is 2.44 bits per heavy atom. The fraction of sp³-hybridized carbons (Fsp3) is 0.462. The number of nitrogens with one attached hydrogen (secondary N) is 1. The summed E-state index contributed by atoms with van der Waals surface area (Å²) in [6, 6.07) is 4.11. The molecule has 0 bridgehead atoms. The van der Waals surface area contributed by atoms with Crippen molar-refractivity contribution in [3.63, 3.8) is 0 Å². The first kappa shape index (κ1) is 15.3. The lowest BCUT2D eigenvalue weighted by Gasteiger charge is -2.06. The Kier molecular flexibility index (Phi) is 7.80. The zero-order valence-corrected chi connectivity index (χ0v) is 12.2. The van der Waals surface area contributed by atoms with Crippen molar-refractivity contribution in [3.05, 3.63) is 34.5 Å². The topological polar surface area (TPSA) is 38.3 Å². The minimum absolute atomic E-state index is 0.0653. The second-order valence-electron chi connectivity index (χ2n) is 3.93. The molecule has 0 aliphatic rings. The number of ether oxygens (including phenoxy) is 1. The molecule has 1 rings (SSSR count). The number of hydrogen-bond donors (Lipinski definition) is 1. The summed E-state index contributed by atoms with van der Waals surface area (Å²) in [7, 11) is 0. The Balaban J connectivity index is 1.95. The average Bonchev–Trinajstić information content (AvgIpc) is 2.81. The van der Waals surface area contributed by atoms with Crippen LogP contribution in [0.2, 0.25) is 0 Å². The third-order valence-corrected chi connectivity index (χ3v) is 4.02. The SMILES string of the molecule is C=C(C)COCCNC(=O)CSCc1cccs1. The average molecular weight is 285 g/mol. The van der Waals surface area contributed by atoms with Gasteiger partial charge in [0.1, 0.15) is 0 Å². The number of carbonyl (C=O) groups is 1. The van der Waals surface area contributed by atoms with E-state index in [2.05, 4.69) is 23.3 Å². The molecule has 0 aliphatic carbocycles. The van der Waals surface area contributed by atoms with Crippen molar-refractivity contribution in [2.75, 3.05) is 25.5 Å². The van der Waals surface area contributed by atoms with E-state index in [0.29, 0.717) is 25.5 Å². The number of thiophene rings is 1. The van der Waals surface area contributed by atoms with Crippen LogP contribution in [0.4, 0.5) is 0 Å². The summed E-state index contributed by atoms with van der Waals surface area (Å²) < 4.78 is 5.29. The van der Waals surface area contributed by atoms with Gasteiger partial charge in [0.15, 0.2) is 0 Å². The molecular weight excluding hydrogens is 266 g/mol. The van der Waals surface area contributed by atoms with Crippen LogP contribution in [0.3, 0.4) is 0 Å². The van der Waals surface area contributed by atoms with E-state index < -0.39 is 0 Å². The van der Waals surface area contributed by atoms with Crippen molar-refractivity contribution in [2.24, 2.45) is 0 Å². The first-order valence-corrected chi connectivity index (χ1v) is 7.81. The highest BCUT2D eigenvalue weighted by Gasteiger charge is 2.01. The van der Waals surface area contributed by atoms with Crippen LogP contribution in [0.25, 0.3) is 0 Å². The van der Waals surface area contributed by atoms with E-state index in [9.17, 15) is 4.79 Å². The van der Waals surface area contributed by atoms with Gasteiger partial charge in [-0.2, -0.15) is 0 Å². The molecule has 1 heterocycles. The van der Waals surface area contributed by atoms with Crippen LogP contribution in [0.15, 0.2) is 29.7 Å². The zero-order valence-electron chi connectivity index (χ0n) is 10.6. The monoisotopic (exact) mass is 285 g/mol. The zero-order chi connectivity index (χ0) is 13.2. The fourth-order valence-electron chi connectivity index (χ4n) is 1.20. The van der Waals surface area contributed by atoms with Crippen LogP contribution in [-0.4, -0.2) is 31.4 Å². The summed E-state index contributed by atoms with van der Waals surface area (Å²) in [5, 5.41) is 4.88. The van der Waals surface area contributed by atoms with Crippen LogP contribution < -0.4 is 5.32 Å².